The third-order valence-corrected chi connectivity index (χ3v) is 12.4. The molecule has 0 radical (unpaired) electrons. The van der Waals surface area contributed by atoms with Crippen molar-refractivity contribution in [2.75, 3.05) is 0 Å². The van der Waals surface area contributed by atoms with Gasteiger partial charge in [0.1, 0.15) is 0 Å². The zero-order chi connectivity index (χ0) is 25.7. The topological polar surface area (TPSA) is 0 Å². The van der Waals surface area contributed by atoms with Crippen molar-refractivity contribution >= 4 is 36.5 Å². The van der Waals surface area contributed by atoms with Crippen LogP contribution in [-0.2, 0) is 6.16 Å². The van der Waals surface area contributed by atoms with Gasteiger partial charge in [0.05, 0.1) is 29.7 Å². The summed E-state index contributed by atoms with van der Waals surface area (Å²) >= 11 is 0. The van der Waals surface area contributed by atoms with Crippen LogP contribution in [0.1, 0.15) is 36.3 Å². The average molecular weight is 538 g/mol. The second-order valence-electron chi connectivity index (χ2n) is 9.62. The Morgan fingerprint density at radius 2 is 1.14 bits per heavy atom. The molecule has 2 aliphatic rings. The zero-order valence-electron chi connectivity index (χ0n) is 19.4. The van der Waals surface area contributed by atoms with Gasteiger partial charge in [-0.15, -0.1) is 0 Å². The Labute approximate surface area is 206 Å². The molecule has 6 rings (SSSR count). The minimum Gasteiger partial charge on any atom is -0.0620 e. The summed E-state index contributed by atoms with van der Waals surface area (Å²) in [6.07, 6.45) is 5.29. The normalized spacial score (nSPS) is 22.4. The maximum atomic E-state index is 9.87. The molecule has 1 aliphatic heterocycles. The number of rotatable bonds is 2. The molecular formula is C28H26F6P2. The number of fused-ring (bicyclic) bond motifs is 5. The van der Waals surface area contributed by atoms with E-state index in [1.165, 1.54) is 36.2 Å². The molecule has 0 aromatic heterocycles. The van der Waals surface area contributed by atoms with Crippen LogP contribution in [0, 0.1) is 0 Å². The summed E-state index contributed by atoms with van der Waals surface area (Å²) in [5.41, 5.74) is 4.06. The summed E-state index contributed by atoms with van der Waals surface area (Å²) < 4.78 is 59.2. The van der Waals surface area contributed by atoms with E-state index in [0.29, 0.717) is 5.92 Å². The molecular weight excluding hydrogens is 512 g/mol. The van der Waals surface area contributed by atoms with Crippen molar-refractivity contribution in [3.63, 3.8) is 0 Å². The molecule has 0 amide bonds. The van der Waals surface area contributed by atoms with Gasteiger partial charge in [-0.1, -0.05) is 72.8 Å². The Hall–Kier alpha value is -2.42. The van der Waals surface area contributed by atoms with E-state index >= 15 is 0 Å². The summed E-state index contributed by atoms with van der Waals surface area (Å²) in [5.74, 6) is 0.706. The first kappa shape index (κ1) is 25.2. The monoisotopic (exact) mass is 538 g/mol. The zero-order valence-corrected chi connectivity index (χ0v) is 21.2. The minimum absolute atomic E-state index is 0.706. The summed E-state index contributed by atoms with van der Waals surface area (Å²) in [5, 5.41) is 6.07. The fraction of sp³-hybridized carbons (Fsp3) is 0.214. The molecule has 4 aromatic rings. The van der Waals surface area contributed by atoms with Crippen molar-refractivity contribution in [2.45, 2.75) is 37.0 Å². The molecule has 1 heterocycles. The van der Waals surface area contributed by atoms with E-state index < -0.39 is 15.1 Å². The van der Waals surface area contributed by atoms with Crippen molar-refractivity contribution in [2.24, 2.45) is 0 Å². The van der Waals surface area contributed by atoms with Crippen molar-refractivity contribution in [1.29, 1.82) is 0 Å². The smallest absolute Gasteiger partial charge is 0.0620 e. The van der Waals surface area contributed by atoms with Gasteiger partial charge in [0.2, 0.25) is 0 Å². The van der Waals surface area contributed by atoms with E-state index in [0.717, 1.165) is 5.66 Å². The van der Waals surface area contributed by atoms with Crippen LogP contribution in [-0.4, -0.2) is 5.66 Å². The molecule has 0 nitrogen and oxygen atoms in total. The molecule has 0 saturated heterocycles. The molecule has 1 aliphatic carbocycles. The second kappa shape index (κ2) is 8.30. The molecule has 36 heavy (non-hydrogen) atoms. The predicted octanol–water partition coefficient (Wildman–Crippen LogP) is 10.0. The Morgan fingerprint density at radius 1 is 0.611 bits per heavy atom. The predicted molar refractivity (Wildman–Crippen MR) is 141 cm³/mol. The van der Waals surface area contributed by atoms with Gasteiger partial charge in [-0.25, -0.2) is 0 Å². The Kier molecular flexibility index (Phi) is 5.82. The Balaban J connectivity index is 0.000000338. The van der Waals surface area contributed by atoms with Gasteiger partial charge in [-0.05, 0) is 59.9 Å². The Bertz CT molecular complexity index is 1340. The van der Waals surface area contributed by atoms with E-state index in [9.17, 15) is 25.2 Å². The van der Waals surface area contributed by atoms with Crippen LogP contribution in [0.4, 0.5) is 25.2 Å². The van der Waals surface area contributed by atoms with Crippen LogP contribution >= 0.6 is 15.1 Å². The van der Waals surface area contributed by atoms with Crippen LogP contribution in [0.15, 0.2) is 97.1 Å². The number of hydrogen-bond donors (Lipinski definition) is 0. The summed E-state index contributed by atoms with van der Waals surface area (Å²) in [6, 6.07) is 36.9. The number of hydrogen-bond acceptors (Lipinski definition) is 0. The van der Waals surface area contributed by atoms with Crippen LogP contribution in [0.25, 0.3) is 10.8 Å². The van der Waals surface area contributed by atoms with E-state index in [2.05, 4.69) is 97.1 Å². The minimum atomic E-state index is -10.7. The van der Waals surface area contributed by atoms with Gasteiger partial charge in [0.15, 0.2) is 0 Å². The van der Waals surface area contributed by atoms with Gasteiger partial charge in [-0.3, -0.25) is 0 Å². The third kappa shape index (κ3) is 5.31. The summed E-state index contributed by atoms with van der Waals surface area (Å²) in [7, 11) is -12.2. The largest absolute Gasteiger partial charge is 0.0998 e. The third-order valence-electron chi connectivity index (χ3n) is 7.36. The molecule has 190 valence electrons. The average Bonchev–Trinajstić information content (AvgIpc) is 3.33. The molecule has 4 aromatic carbocycles. The standard InChI is InChI=1S/C28H26P.F6P/c1-3-11-22(12-4-1)29(23-13-5-2-6-14-23)20-27-24-15-8-7-10-21(24)18-19-25(27)26-16-9-17-28(26)29;1-7(2,3,4,5)6/h1-8,10-15,18-19,26,28H,9,16-17,20H2;/q+1;-1. The first-order valence-corrected chi connectivity index (χ1v) is 16.0. The van der Waals surface area contributed by atoms with E-state index in [-0.39, 0.29) is 0 Å². The summed E-state index contributed by atoms with van der Waals surface area (Å²) in [6.45, 7) is 0. The van der Waals surface area contributed by atoms with Gasteiger partial charge in [-0.2, -0.15) is 0 Å². The number of halogens is 6. The van der Waals surface area contributed by atoms with Gasteiger partial charge >= 0.3 is 33.0 Å². The molecule has 0 N–H and O–H groups in total. The van der Waals surface area contributed by atoms with E-state index in [4.69, 9.17) is 0 Å². The van der Waals surface area contributed by atoms with Crippen LogP contribution in [0.3, 0.4) is 0 Å². The quantitative estimate of drug-likeness (QED) is 0.176. The van der Waals surface area contributed by atoms with Crippen LogP contribution in [0.5, 0.6) is 0 Å². The molecule has 2 unspecified atom stereocenters. The first-order chi connectivity index (χ1) is 16.8. The first-order valence-electron chi connectivity index (χ1n) is 11.9. The van der Waals surface area contributed by atoms with Crippen molar-refractivity contribution in [3.05, 3.63) is 108 Å². The maximum absolute atomic E-state index is 10.7. The SMILES string of the molecule is F[P-](F)(F)(F)(F)F.c1ccc([P+]2(c3ccccc3)Cc3c(ccc4ccccc34)C3CCCC32)cc1. The maximum Gasteiger partial charge on any atom is 0.0998 e. The van der Waals surface area contributed by atoms with Gasteiger partial charge in [0.25, 0.3) is 0 Å². The van der Waals surface area contributed by atoms with Crippen LogP contribution < -0.4 is 10.6 Å². The molecule has 1 saturated carbocycles. The van der Waals surface area contributed by atoms with Crippen molar-refractivity contribution in [3.8, 4) is 0 Å². The molecule has 1 fully saturated rings. The molecule has 0 spiro atoms. The second-order valence-corrected chi connectivity index (χ2v) is 15.3. The fourth-order valence-electron chi connectivity index (χ4n) is 6.18. The fourth-order valence-corrected chi connectivity index (χ4v) is 11.6. The molecule has 2 atom stereocenters. The van der Waals surface area contributed by atoms with Gasteiger partial charge < -0.3 is 0 Å². The van der Waals surface area contributed by atoms with Crippen molar-refractivity contribution in [1.82, 2.24) is 0 Å². The molecule has 0 bridgehead atoms. The summed E-state index contributed by atoms with van der Waals surface area (Å²) in [4.78, 5) is 0. The Morgan fingerprint density at radius 3 is 1.72 bits per heavy atom. The van der Waals surface area contributed by atoms with E-state index in [1.54, 1.807) is 21.7 Å². The van der Waals surface area contributed by atoms with E-state index in [1.807, 2.05) is 0 Å². The van der Waals surface area contributed by atoms with Crippen molar-refractivity contribution < 1.29 is 25.2 Å². The van der Waals surface area contributed by atoms with Gasteiger partial charge in [0, 0.05) is 11.5 Å². The van der Waals surface area contributed by atoms with Crippen LogP contribution in [0.2, 0.25) is 0 Å². The molecule has 8 heteroatoms. The number of benzene rings is 4.